The standard InChI is InChI=1S/C13H19NO3S/c1-17-9-13(8-14)11(12(13)18(2,15)16)10-6-4-3-5-7-10/h3-7,11-12H,8-9,14H2,1-2H3/t11-,12+,13-/m1/s1. The molecule has 0 aliphatic heterocycles. The molecule has 0 heterocycles. The molecule has 100 valence electrons. The highest BCUT2D eigenvalue weighted by Crippen LogP contribution is 2.62. The fourth-order valence-electron chi connectivity index (χ4n) is 3.04. The molecule has 1 aliphatic rings. The molecule has 1 aromatic rings. The molecular formula is C13H19NO3S. The third kappa shape index (κ3) is 2.06. The second kappa shape index (κ2) is 4.64. The molecular weight excluding hydrogens is 250 g/mol. The molecule has 0 unspecified atom stereocenters. The van der Waals surface area contributed by atoms with Gasteiger partial charge in [0.25, 0.3) is 0 Å². The predicted octanol–water partition coefficient (Wildman–Crippen LogP) is 0.789. The summed E-state index contributed by atoms with van der Waals surface area (Å²) in [4.78, 5) is 0. The van der Waals surface area contributed by atoms with E-state index in [2.05, 4.69) is 0 Å². The smallest absolute Gasteiger partial charge is 0.151 e. The monoisotopic (exact) mass is 269 g/mol. The summed E-state index contributed by atoms with van der Waals surface area (Å²) in [5.74, 6) is -0.0568. The number of ether oxygens (including phenoxy) is 1. The van der Waals surface area contributed by atoms with Gasteiger partial charge in [0.15, 0.2) is 9.84 Å². The molecule has 4 nitrogen and oxygen atoms in total. The van der Waals surface area contributed by atoms with E-state index < -0.39 is 20.5 Å². The minimum Gasteiger partial charge on any atom is -0.384 e. The summed E-state index contributed by atoms with van der Waals surface area (Å²) in [5.41, 5.74) is 6.38. The van der Waals surface area contributed by atoms with Crippen LogP contribution in [0.1, 0.15) is 11.5 Å². The number of rotatable bonds is 5. The van der Waals surface area contributed by atoms with E-state index in [4.69, 9.17) is 10.5 Å². The van der Waals surface area contributed by atoms with E-state index in [1.807, 2.05) is 30.3 Å². The Kier molecular flexibility index (Phi) is 3.49. The Morgan fingerprint density at radius 2 is 1.94 bits per heavy atom. The van der Waals surface area contributed by atoms with Gasteiger partial charge in [0.2, 0.25) is 0 Å². The third-order valence-corrected chi connectivity index (χ3v) is 5.46. The fraction of sp³-hybridized carbons (Fsp3) is 0.538. The summed E-state index contributed by atoms with van der Waals surface area (Å²) in [7, 11) is -1.55. The molecule has 0 spiro atoms. The summed E-state index contributed by atoms with van der Waals surface area (Å²) >= 11 is 0. The van der Waals surface area contributed by atoms with Gasteiger partial charge in [0, 0.05) is 31.2 Å². The Bertz CT molecular complexity index is 514. The molecule has 1 saturated carbocycles. The highest BCUT2D eigenvalue weighted by Gasteiger charge is 2.68. The van der Waals surface area contributed by atoms with Crippen LogP contribution in [0.4, 0.5) is 0 Å². The molecule has 0 bridgehead atoms. The quantitative estimate of drug-likeness (QED) is 0.858. The molecule has 18 heavy (non-hydrogen) atoms. The van der Waals surface area contributed by atoms with Gasteiger partial charge in [-0.25, -0.2) is 8.42 Å². The van der Waals surface area contributed by atoms with Crippen LogP contribution in [-0.2, 0) is 14.6 Å². The van der Waals surface area contributed by atoms with Gasteiger partial charge >= 0.3 is 0 Å². The molecule has 5 heteroatoms. The van der Waals surface area contributed by atoms with Gasteiger partial charge in [0.1, 0.15) is 0 Å². The van der Waals surface area contributed by atoms with E-state index in [9.17, 15) is 8.42 Å². The minimum absolute atomic E-state index is 0.0568. The third-order valence-electron chi connectivity index (χ3n) is 3.79. The molecule has 2 N–H and O–H groups in total. The van der Waals surface area contributed by atoms with Gasteiger partial charge in [-0.05, 0) is 5.56 Å². The highest BCUT2D eigenvalue weighted by atomic mass is 32.2. The van der Waals surface area contributed by atoms with Gasteiger partial charge < -0.3 is 10.5 Å². The summed E-state index contributed by atoms with van der Waals surface area (Å²) in [5, 5.41) is -0.433. The van der Waals surface area contributed by atoms with Crippen LogP contribution >= 0.6 is 0 Å². The van der Waals surface area contributed by atoms with Crippen molar-refractivity contribution in [1.29, 1.82) is 0 Å². The highest BCUT2D eigenvalue weighted by molar-refractivity contribution is 7.91. The zero-order valence-electron chi connectivity index (χ0n) is 10.7. The van der Waals surface area contributed by atoms with E-state index >= 15 is 0 Å². The molecule has 3 atom stereocenters. The number of hydrogen-bond donors (Lipinski definition) is 1. The molecule has 0 radical (unpaired) electrons. The second-order valence-electron chi connectivity index (χ2n) is 5.01. The van der Waals surface area contributed by atoms with Crippen LogP contribution in [0.25, 0.3) is 0 Å². The molecule has 0 aromatic heterocycles. The van der Waals surface area contributed by atoms with Gasteiger partial charge in [0.05, 0.1) is 11.9 Å². The first kappa shape index (κ1) is 13.5. The number of benzene rings is 1. The van der Waals surface area contributed by atoms with E-state index in [1.165, 1.54) is 6.26 Å². The first-order chi connectivity index (χ1) is 8.47. The maximum absolute atomic E-state index is 11.9. The first-order valence-corrected chi connectivity index (χ1v) is 7.85. The van der Waals surface area contributed by atoms with Gasteiger partial charge in [-0.1, -0.05) is 30.3 Å². The van der Waals surface area contributed by atoms with Crippen molar-refractivity contribution in [3.63, 3.8) is 0 Å². The molecule has 2 rings (SSSR count). The van der Waals surface area contributed by atoms with Crippen LogP contribution in [-0.4, -0.2) is 40.2 Å². The van der Waals surface area contributed by atoms with Crippen LogP contribution in [0.2, 0.25) is 0 Å². The van der Waals surface area contributed by atoms with E-state index in [0.717, 1.165) is 5.56 Å². The maximum atomic E-state index is 11.9. The summed E-state index contributed by atoms with van der Waals surface area (Å²) in [6.45, 7) is 0.693. The van der Waals surface area contributed by atoms with Crippen molar-refractivity contribution in [2.75, 3.05) is 26.5 Å². The summed E-state index contributed by atoms with van der Waals surface area (Å²) < 4.78 is 29.0. The molecule has 1 aromatic carbocycles. The number of nitrogens with two attached hydrogens (primary N) is 1. The number of methoxy groups -OCH3 is 1. The maximum Gasteiger partial charge on any atom is 0.151 e. The number of sulfone groups is 1. The van der Waals surface area contributed by atoms with E-state index in [0.29, 0.717) is 13.2 Å². The Labute approximate surface area is 108 Å². The summed E-state index contributed by atoms with van der Waals surface area (Å²) in [6, 6.07) is 9.66. The van der Waals surface area contributed by atoms with Crippen LogP contribution < -0.4 is 5.73 Å². The van der Waals surface area contributed by atoms with Crippen LogP contribution in [0, 0.1) is 5.41 Å². The Balaban J connectivity index is 2.40. The van der Waals surface area contributed by atoms with E-state index in [1.54, 1.807) is 7.11 Å². The SMILES string of the molecule is COC[C@]1(CN)[C@H](c2ccccc2)[C@@H]1S(C)(=O)=O. The van der Waals surface area contributed by atoms with Crippen LogP contribution in [0.5, 0.6) is 0 Å². The van der Waals surface area contributed by atoms with Crippen LogP contribution in [0.3, 0.4) is 0 Å². The van der Waals surface area contributed by atoms with Gasteiger partial charge in [-0.3, -0.25) is 0 Å². The lowest BCUT2D eigenvalue weighted by molar-refractivity contribution is 0.142. The first-order valence-electron chi connectivity index (χ1n) is 5.90. The molecule has 1 fully saturated rings. The second-order valence-corrected chi connectivity index (χ2v) is 7.18. The van der Waals surface area contributed by atoms with E-state index in [-0.39, 0.29) is 5.92 Å². The van der Waals surface area contributed by atoms with Gasteiger partial charge in [-0.15, -0.1) is 0 Å². The minimum atomic E-state index is -3.13. The topological polar surface area (TPSA) is 69.4 Å². The zero-order valence-corrected chi connectivity index (χ0v) is 11.5. The lowest BCUT2D eigenvalue weighted by Gasteiger charge is -2.14. The Morgan fingerprint density at radius 1 is 1.33 bits per heavy atom. The van der Waals surface area contributed by atoms with Crippen molar-refractivity contribution in [3.05, 3.63) is 35.9 Å². The normalized spacial score (nSPS) is 31.3. The van der Waals surface area contributed by atoms with Crippen molar-refractivity contribution in [3.8, 4) is 0 Å². The number of hydrogen-bond acceptors (Lipinski definition) is 4. The largest absolute Gasteiger partial charge is 0.384 e. The van der Waals surface area contributed by atoms with Crippen molar-refractivity contribution in [2.24, 2.45) is 11.1 Å². The summed E-state index contributed by atoms with van der Waals surface area (Å²) in [6.07, 6.45) is 1.28. The van der Waals surface area contributed by atoms with Crippen molar-refractivity contribution < 1.29 is 13.2 Å². The lowest BCUT2D eigenvalue weighted by atomic mass is 10.0. The molecule has 1 aliphatic carbocycles. The molecule has 0 amide bonds. The Morgan fingerprint density at radius 3 is 2.39 bits per heavy atom. The van der Waals surface area contributed by atoms with Gasteiger partial charge in [-0.2, -0.15) is 0 Å². The van der Waals surface area contributed by atoms with Crippen molar-refractivity contribution >= 4 is 9.84 Å². The van der Waals surface area contributed by atoms with Crippen molar-refractivity contribution in [1.82, 2.24) is 0 Å². The fourth-order valence-corrected chi connectivity index (χ4v) is 5.04. The zero-order chi connectivity index (χ0) is 13.4. The lowest BCUT2D eigenvalue weighted by Crippen LogP contribution is -2.28. The van der Waals surface area contributed by atoms with Crippen molar-refractivity contribution in [2.45, 2.75) is 11.2 Å². The van der Waals surface area contributed by atoms with Crippen LogP contribution in [0.15, 0.2) is 30.3 Å². The predicted molar refractivity (Wildman–Crippen MR) is 71.2 cm³/mol. The Hall–Kier alpha value is -0.910. The molecule has 0 saturated heterocycles. The average molecular weight is 269 g/mol. The average Bonchev–Trinajstić information content (AvgIpc) is 3.00.